The van der Waals surface area contributed by atoms with Gasteiger partial charge in [-0.15, -0.1) is 11.3 Å². The number of pyridine rings is 1. The fourth-order valence-corrected chi connectivity index (χ4v) is 2.46. The van der Waals surface area contributed by atoms with Gasteiger partial charge < -0.3 is 15.6 Å². The molecule has 2 aromatic rings. The van der Waals surface area contributed by atoms with Gasteiger partial charge >= 0.3 is 0 Å². The number of hydrogen-bond acceptors (Lipinski definition) is 4. The lowest BCUT2D eigenvalue weighted by Gasteiger charge is -2.08. The molecule has 0 aliphatic carbocycles. The standard InChI is InChI=1S/C13H11F2N3O3S/c14-3-4-18-6-7(5-8(15)13(18)21)17-12(20)10-2-1-9(22-10)11(16)19/h1-2,5-6H,3-4H2,(H2,16,19)(H,17,20). The molecule has 0 saturated heterocycles. The number of amides is 2. The third kappa shape index (κ3) is 3.37. The Hall–Kier alpha value is -2.55. The lowest BCUT2D eigenvalue weighted by atomic mass is 10.3. The van der Waals surface area contributed by atoms with Crippen LogP contribution in [0, 0.1) is 5.82 Å². The Balaban J connectivity index is 2.24. The second-order valence-corrected chi connectivity index (χ2v) is 5.33. The molecule has 0 unspecified atom stereocenters. The van der Waals surface area contributed by atoms with E-state index >= 15 is 0 Å². The summed E-state index contributed by atoms with van der Waals surface area (Å²) in [7, 11) is 0. The fourth-order valence-electron chi connectivity index (χ4n) is 1.71. The quantitative estimate of drug-likeness (QED) is 0.868. The zero-order chi connectivity index (χ0) is 16.3. The first-order valence-corrected chi connectivity index (χ1v) is 6.91. The lowest BCUT2D eigenvalue weighted by Crippen LogP contribution is -2.24. The number of nitrogens with one attached hydrogen (secondary N) is 1. The van der Waals surface area contributed by atoms with Gasteiger partial charge in [0.25, 0.3) is 17.4 Å². The number of hydrogen-bond donors (Lipinski definition) is 2. The molecule has 9 heteroatoms. The Morgan fingerprint density at radius 3 is 2.59 bits per heavy atom. The Morgan fingerprint density at radius 2 is 2.00 bits per heavy atom. The number of primary amides is 1. The van der Waals surface area contributed by atoms with Crippen LogP contribution >= 0.6 is 11.3 Å². The van der Waals surface area contributed by atoms with Gasteiger partial charge in [-0.2, -0.15) is 0 Å². The largest absolute Gasteiger partial charge is 0.365 e. The average molecular weight is 327 g/mol. The van der Waals surface area contributed by atoms with Gasteiger partial charge in [0, 0.05) is 12.3 Å². The first-order valence-electron chi connectivity index (χ1n) is 6.09. The van der Waals surface area contributed by atoms with Crippen molar-refractivity contribution in [3.8, 4) is 0 Å². The van der Waals surface area contributed by atoms with E-state index in [2.05, 4.69) is 5.32 Å². The van der Waals surface area contributed by atoms with Crippen LogP contribution in [-0.2, 0) is 6.54 Å². The van der Waals surface area contributed by atoms with Crippen molar-refractivity contribution in [2.75, 3.05) is 12.0 Å². The van der Waals surface area contributed by atoms with Crippen molar-refractivity contribution in [1.82, 2.24) is 4.57 Å². The molecule has 0 bridgehead atoms. The van der Waals surface area contributed by atoms with Crippen LogP contribution < -0.4 is 16.6 Å². The molecule has 22 heavy (non-hydrogen) atoms. The number of aryl methyl sites for hydroxylation is 1. The summed E-state index contributed by atoms with van der Waals surface area (Å²) in [6.07, 6.45) is 1.14. The van der Waals surface area contributed by atoms with Crippen LogP contribution in [0.2, 0.25) is 0 Å². The number of anilines is 1. The van der Waals surface area contributed by atoms with Crippen LogP contribution in [0.4, 0.5) is 14.5 Å². The molecule has 116 valence electrons. The SMILES string of the molecule is NC(=O)c1ccc(C(=O)Nc2cc(F)c(=O)n(CCF)c2)s1. The molecule has 2 heterocycles. The molecule has 6 nitrogen and oxygen atoms in total. The average Bonchev–Trinajstić information content (AvgIpc) is 2.94. The number of aromatic nitrogens is 1. The lowest BCUT2D eigenvalue weighted by molar-refractivity contribution is 0.100. The van der Waals surface area contributed by atoms with Crippen molar-refractivity contribution in [3.63, 3.8) is 0 Å². The van der Waals surface area contributed by atoms with Gasteiger partial charge in [-0.05, 0) is 12.1 Å². The molecule has 0 aliphatic heterocycles. The number of rotatable bonds is 5. The number of carbonyl (C=O) groups excluding carboxylic acids is 2. The highest BCUT2D eigenvalue weighted by Gasteiger charge is 2.14. The molecule has 0 radical (unpaired) electrons. The van der Waals surface area contributed by atoms with Gasteiger partial charge in [-0.25, -0.2) is 8.78 Å². The Kier molecular flexibility index (Phi) is 4.66. The van der Waals surface area contributed by atoms with E-state index in [9.17, 15) is 23.2 Å². The van der Waals surface area contributed by atoms with E-state index in [1.165, 1.54) is 12.1 Å². The second-order valence-electron chi connectivity index (χ2n) is 4.25. The monoisotopic (exact) mass is 327 g/mol. The van der Waals surface area contributed by atoms with E-state index in [0.717, 1.165) is 28.2 Å². The van der Waals surface area contributed by atoms with Crippen LogP contribution in [0.15, 0.2) is 29.2 Å². The minimum Gasteiger partial charge on any atom is -0.365 e. The van der Waals surface area contributed by atoms with Crippen LogP contribution in [0.3, 0.4) is 0 Å². The van der Waals surface area contributed by atoms with Crippen molar-refractivity contribution in [2.45, 2.75) is 6.54 Å². The fraction of sp³-hybridized carbons (Fsp3) is 0.154. The predicted octanol–water partition coefficient (Wildman–Crippen LogP) is 1.37. The summed E-state index contributed by atoms with van der Waals surface area (Å²) >= 11 is 0.881. The summed E-state index contributed by atoms with van der Waals surface area (Å²) in [6.45, 7) is -1.16. The summed E-state index contributed by atoms with van der Waals surface area (Å²) in [4.78, 5) is 34.8. The summed E-state index contributed by atoms with van der Waals surface area (Å²) in [5.41, 5.74) is 4.12. The molecular formula is C13H11F2N3O3S. The summed E-state index contributed by atoms with van der Waals surface area (Å²) in [6, 6.07) is 3.64. The number of nitrogens with two attached hydrogens (primary N) is 1. The minimum atomic E-state index is -1.10. The summed E-state index contributed by atoms with van der Waals surface area (Å²) < 4.78 is 26.6. The zero-order valence-corrected chi connectivity index (χ0v) is 12.0. The number of alkyl halides is 1. The van der Waals surface area contributed by atoms with E-state index in [-0.39, 0.29) is 22.0 Å². The van der Waals surface area contributed by atoms with E-state index in [1.54, 1.807) is 0 Å². The number of halogens is 2. The molecule has 0 aromatic carbocycles. The Bertz CT molecular complexity index is 785. The van der Waals surface area contributed by atoms with Crippen molar-refractivity contribution < 1.29 is 18.4 Å². The first-order chi connectivity index (χ1) is 10.4. The van der Waals surface area contributed by atoms with Crippen LogP contribution in [0.5, 0.6) is 0 Å². The highest BCUT2D eigenvalue weighted by atomic mass is 32.1. The number of carbonyl (C=O) groups is 2. The molecule has 2 rings (SSSR count). The Morgan fingerprint density at radius 1 is 1.32 bits per heavy atom. The van der Waals surface area contributed by atoms with Crippen molar-refractivity contribution in [1.29, 1.82) is 0 Å². The van der Waals surface area contributed by atoms with E-state index < -0.39 is 29.9 Å². The van der Waals surface area contributed by atoms with E-state index in [4.69, 9.17) is 5.73 Å². The maximum atomic E-state index is 13.5. The molecule has 0 fully saturated rings. The summed E-state index contributed by atoms with van der Waals surface area (Å²) in [5, 5.41) is 2.37. The van der Waals surface area contributed by atoms with Gasteiger partial charge in [0.2, 0.25) is 0 Å². The smallest absolute Gasteiger partial charge is 0.286 e. The molecule has 0 atom stereocenters. The van der Waals surface area contributed by atoms with Gasteiger partial charge in [-0.1, -0.05) is 0 Å². The zero-order valence-electron chi connectivity index (χ0n) is 11.1. The third-order valence-electron chi connectivity index (χ3n) is 2.70. The van der Waals surface area contributed by atoms with Crippen LogP contribution in [0.25, 0.3) is 0 Å². The molecular weight excluding hydrogens is 316 g/mol. The van der Waals surface area contributed by atoms with Gasteiger partial charge in [0.05, 0.1) is 22.0 Å². The van der Waals surface area contributed by atoms with Crippen molar-refractivity contribution in [3.05, 3.63) is 50.3 Å². The van der Waals surface area contributed by atoms with E-state index in [0.29, 0.717) is 0 Å². The molecule has 0 saturated carbocycles. The highest BCUT2D eigenvalue weighted by molar-refractivity contribution is 7.16. The topological polar surface area (TPSA) is 94.2 Å². The predicted molar refractivity (Wildman–Crippen MR) is 77.4 cm³/mol. The second kappa shape index (κ2) is 6.48. The maximum absolute atomic E-state index is 13.5. The van der Waals surface area contributed by atoms with Gasteiger partial charge in [0.1, 0.15) is 6.67 Å². The minimum absolute atomic E-state index is 0.00424. The number of nitrogens with zero attached hydrogens (tertiary/aromatic N) is 1. The van der Waals surface area contributed by atoms with Gasteiger partial charge in [-0.3, -0.25) is 14.4 Å². The molecule has 0 aliphatic rings. The summed E-state index contributed by atoms with van der Waals surface area (Å²) in [5.74, 6) is -2.36. The third-order valence-corrected chi connectivity index (χ3v) is 3.80. The number of thiophene rings is 1. The van der Waals surface area contributed by atoms with Crippen LogP contribution in [-0.4, -0.2) is 23.1 Å². The maximum Gasteiger partial charge on any atom is 0.286 e. The van der Waals surface area contributed by atoms with Crippen molar-refractivity contribution in [2.24, 2.45) is 5.73 Å². The van der Waals surface area contributed by atoms with Gasteiger partial charge in [0.15, 0.2) is 5.82 Å². The van der Waals surface area contributed by atoms with E-state index in [1.807, 2.05) is 0 Å². The highest BCUT2D eigenvalue weighted by Crippen LogP contribution is 2.18. The van der Waals surface area contributed by atoms with Crippen LogP contribution in [0.1, 0.15) is 19.3 Å². The molecule has 0 spiro atoms. The normalized spacial score (nSPS) is 10.5. The van der Waals surface area contributed by atoms with Crippen molar-refractivity contribution >= 4 is 28.8 Å². The molecule has 3 N–H and O–H groups in total. The molecule has 2 aromatic heterocycles. The Labute approximate surface area is 127 Å². The molecule has 2 amide bonds. The first kappa shape index (κ1) is 15.8.